The van der Waals surface area contributed by atoms with Crippen LogP contribution in [0.5, 0.6) is 5.75 Å². The third kappa shape index (κ3) is 3.04. The zero-order chi connectivity index (χ0) is 10.4. The van der Waals surface area contributed by atoms with Crippen LogP contribution in [0.15, 0.2) is 24.3 Å². The first kappa shape index (κ1) is 11.1. The van der Waals surface area contributed by atoms with Crippen LogP contribution in [0.3, 0.4) is 0 Å². The zero-order valence-corrected chi connectivity index (χ0v) is 8.99. The first-order valence-corrected chi connectivity index (χ1v) is 5.13. The standard InChI is InChI=1S/C12H19NO/c1-3-10(9-13)8-11-4-6-12(14-2)7-5-11/h4-7,10H,3,8-9,13H2,1-2H3. The molecule has 0 fully saturated rings. The molecule has 1 atom stereocenters. The van der Waals surface area contributed by atoms with Crippen molar-refractivity contribution >= 4 is 0 Å². The fourth-order valence-electron chi connectivity index (χ4n) is 1.49. The molecule has 1 aromatic rings. The van der Waals surface area contributed by atoms with Crippen LogP contribution in [-0.2, 0) is 6.42 Å². The molecule has 0 radical (unpaired) electrons. The predicted octanol–water partition coefficient (Wildman–Crippen LogP) is 2.22. The molecule has 0 amide bonds. The molecular weight excluding hydrogens is 174 g/mol. The number of nitrogens with two attached hydrogens (primary N) is 1. The second kappa shape index (κ2) is 5.66. The van der Waals surface area contributed by atoms with Gasteiger partial charge in [0.05, 0.1) is 7.11 Å². The maximum Gasteiger partial charge on any atom is 0.118 e. The quantitative estimate of drug-likeness (QED) is 0.778. The molecule has 0 aliphatic carbocycles. The third-order valence-corrected chi connectivity index (χ3v) is 2.59. The smallest absolute Gasteiger partial charge is 0.118 e. The lowest BCUT2D eigenvalue weighted by molar-refractivity contribution is 0.414. The molecule has 0 aromatic heterocycles. The van der Waals surface area contributed by atoms with Gasteiger partial charge in [-0.05, 0) is 36.6 Å². The lowest BCUT2D eigenvalue weighted by atomic mass is 9.97. The van der Waals surface area contributed by atoms with Crippen LogP contribution >= 0.6 is 0 Å². The molecule has 0 saturated heterocycles. The van der Waals surface area contributed by atoms with Crippen molar-refractivity contribution < 1.29 is 4.74 Å². The molecule has 1 rings (SSSR count). The Morgan fingerprint density at radius 2 is 1.93 bits per heavy atom. The van der Waals surface area contributed by atoms with E-state index < -0.39 is 0 Å². The average molecular weight is 193 g/mol. The summed E-state index contributed by atoms with van der Waals surface area (Å²) in [7, 11) is 1.68. The van der Waals surface area contributed by atoms with Gasteiger partial charge in [0.15, 0.2) is 0 Å². The van der Waals surface area contributed by atoms with E-state index >= 15 is 0 Å². The Morgan fingerprint density at radius 1 is 1.29 bits per heavy atom. The zero-order valence-electron chi connectivity index (χ0n) is 8.99. The summed E-state index contributed by atoms with van der Waals surface area (Å²) in [4.78, 5) is 0. The predicted molar refractivity (Wildman–Crippen MR) is 59.5 cm³/mol. The van der Waals surface area contributed by atoms with Gasteiger partial charge in [-0.15, -0.1) is 0 Å². The molecule has 0 bridgehead atoms. The second-order valence-corrected chi connectivity index (χ2v) is 3.56. The van der Waals surface area contributed by atoms with Crippen LogP contribution in [0, 0.1) is 5.92 Å². The molecule has 0 aliphatic rings. The molecule has 1 aromatic carbocycles. The lowest BCUT2D eigenvalue weighted by Gasteiger charge is -2.12. The second-order valence-electron chi connectivity index (χ2n) is 3.56. The summed E-state index contributed by atoms with van der Waals surface area (Å²) in [5.74, 6) is 1.51. The number of benzene rings is 1. The topological polar surface area (TPSA) is 35.2 Å². The van der Waals surface area contributed by atoms with Crippen LogP contribution in [-0.4, -0.2) is 13.7 Å². The maximum absolute atomic E-state index is 5.66. The van der Waals surface area contributed by atoms with Gasteiger partial charge in [-0.2, -0.15) is 0 Å². The van der Waals surface area contributed by atoms with Gasteiger partial charge in [0.2, 0.25) is 0 Å². The number of hydrogen-bond donors (Lipinski definition) is 1. The van der Waals surface area contributed by atoms with Crippen LogP contribution in [0.1, 0.15) is 18.9 Å². The molecule has 0 spiro atoms. The Balaban J connectivity index is 2.58. The minimum atomic E-state index is 0.600. The van der Waals surface area contributed by atoms with E-state index in [1.807, 2.05) is 12.1 Å². The third-order valence-electron chi connectivity index (χ3n) is 2.59. The summed E-state index contributed by atoms with van der Waals surface area (Å²) in [6.45, 7) is 2.95. The average Bonchev–Trinajstić information content (AvgIpc) is 2.26. The minimum Gasteiger partial charge on any atom is -0.497 e. The van der Waals surface area contributed by atoms with E-state index in [2.05, 4.69) is 19.1 Å². The number of rotatable bonds is 5. The molecular formula is C12H19NO. The fraction of sp³-hybridized carbons (Fsp3) is 0.500. The molecule has 2 N–H and O–H groups in total. The Bertz CT molecular complexity index is 252. The van der Waals surface area contributed by atoms with Crippen LogP contribution < -0.4 is 10.5 Å². The summed E-state index contributed by atoms with van der Waals surface area (Å²) < 4.78 is 5.10. The summed E-state index contributed by atoms with van der Waals surface area (Å²) in [6, 6.07) is 8.21. The highest BCUT2D eigenvalue weighted by atomic mass is 16.5. The van der Waals surface area contributed by atoms with Crippen molar-refractivity contribution in [3.05, 3.63) is 29.8 Å². The Labute approximate surface area is 86.1 Å². The molecule has 0 heterocycles. The number of ether oxygens (including phenoxy) is 1. The van der Waals surface area contributed by atoms with Crippen molar-refractivity contribution in [3.63, 3.8) is 0 Å². The number of hydrogen-bond acceptors (Lipinski definition) is 2. The van der Waals surface area contributed by atoms with E-state index in [9.17, 15) is 0 Å². The van der Waals surface area contributed by atoms with Crippen molar-refractivity contribution in [1.82, 2.24) is 0 Å². The lowest BCUT2D eigenvalue weighted by Crippen LogP contribution is -2.15. The number of methoxy groups -OCH3 is 1. The van der Waals surface area contributed by atoms with E-state index in [4.69, 9.17) is 10.5 Å². The van der Waals surface area contributed by atoms with Crippen LogP contribution in [0.4, 0.5) is 0 Å². The van der Waals surface area contributed by atoms with Gasteiger partial charge >= 0.3 is 0 Å². The van der Waals surface area contributed by atoms with E-state index in [1.54, 1.807) is 7.11 Å². The van der Waals surface area contributed by atoms with Gasteiger partial charge in [0, 0.05) is 0 Å². The molecule has 0 saturated carbocycles. The maximum atomic E-state index is 5.66. The Morgan fingerprint density at radius 3 is 2.36 bits per heavy atom. The molecule has 78 valence electrons. The van der Waals surface area contributed by atoms with Gasteiger partial charge in [-0.3, -0.25) is 0 Å². The van der Waals surface area contributed by atoms with E-state index in [0.717, 1.165) is 25.1 Å². The molecule has 0 aliphatic heterocycles. The van der Waals surface area contributed by atoms with E-state index in [1.165, 1.54) is 5.56 Å². The summed E-state index contributed by atoms with van der Waals surface area (Å²) in [5.41, 5.74) is 7.00. The Hall–Kier alpha value is -1.02. The highest BCUT2D eigenvalue weighted by molar-refractivity contribution is 5.27. The summed E-state index contributed by atoms with van der Waals surface area (Å²) >= 11 is 0. The molecule has 2 heteroatoms. The Kier molecular flexibility index (Phi) is 4.47. The molecule has 14 heavy (non-hydrogen) atoms. The van der Waals surface area contributed by atoms with Crippen molar-refractivity contribution in [2.75, 3.05) is 13.7 Å². The van der Waals surface area contributed by atoms with Gasteiger partial charge in [-0.25, -0.2) is 0 Å². The fourth-order valence-corrected chi connectivity index (χ4v) is 1.49. The minimum absolute atomic E-state index is 0.600. The normalized spacial score (nSPS) is 12.5. The SMILES string of the molecule is CCC(CN)Cc1ccc(OC)cc1. The van der Waals surface area contributed by atoms with Crippen molar-refractivity contribution in [2.24, 2.45) is 11.7 Å². The van der Waals surface area contributed by atoms with E-state index in [-0.39, 0.29) is 0 Å². The van der Waals surface area contributed by atoms with Crippen LogP contribution in [0.2, 0.25) is 0 Å². The van der Waals surface area contributed by atoms with Gasteiger partial charge in [0.25, 0.3) is 0 Å². The first-order valence-electron chi connectivity index (χ1n) is 5.13. The summed E-state index contributed by atoms with van der Waals surface area (Å²) in [6.07, 6.45) is 2.21. The van der Waals surface area contributed by atoms with Crippen molar-refractivity contribution in [3.8, 4) is 5.75 Å². The van der Waals surface area contributed by atoms with Gasteiger partial charge in [0.1, 0.15) is 5.75 Å². The largest absolute Gasteiger partial charge is 0.497 e. The van der Waals surface area contributed by atoms with Crippen molar-refractivity contribution in [1.29, 1.82) is 0 Å². The molecule has 1 unspecified atom stereocenters. The van der Waals surface area contributed by atoms with Gasteiger partial charge in [-0.1, -0.05) is 25.5 Å². The van der Waals surface area contributed by atoms with Crippen molar-refractivity contribution in [2.45, 2.75) is 19.8 Å². The monoisotopic (exact) mass is 193 g/mol. The van der Waals surface area contributed by atoms with Crippen LogP contribution in [0.25, 0.3) is 0 Å². The molecule has 2 nitrogen and oxygen atoms in total. The highest BCUT2D eigenvalue weighted by Crippen LogP contribution is 2.15. The van der Waals surface area contributed by atoms with Gasteiger partial charge < -0.3 is 10.5 Å². The highest BCUT2D eigenvalue weighted by Gasteiger charge is 2.04. The first-order chi connectivity index (χ1) is 6.80. The summed E-state index contributed by atoms with van der Waals surface area (Å²) in [5, 5.41) is 0. The van der Waals surface area contributed by atoms with E-state index in [0.29, 0.717) is 5.92 Å².